The van der Waals surface area contributed by atoms with Crippen LogP contribution in [-0.2, 0) is 5.41 Å². The molecule has 2 fully saturated rings. The van der Waals surface area contributed by atoms with Crippen molar-refractivity contribution in [2.24, 2.45) is 5.73 Å². The van der Waals surface area contributed by atoms with E-state index in [1.165, 1.54) is 6.07 Å². The molecule has 2 aliphatic carbocycles. The molecule has 0 saturated heterocycles. The lowest BCUT2D eigenvalue weighted by atomic mass is 9.63. The average molecular weight is 249 g/mol. The Morgan fingerprint density at radius 2 is 1.72 bits per heavy atom. The van der Waals surface area contributed by atoms with Crippen LogP contribution in [0.1, 0.15) is 44.1 Å². The molecule has 1 aromatic carbocycles. The van der Waals surface area contributed by atoms with Gasteiger partial charge in [0.15, 0.2) is 0 Å². The Morgan fingerprint density at radius 1 is 1.11 bits per heavy atom. The fourth-order valence-corrected chi connectivity index (χ4v) is 3.59. The van der Waals surface area contributed by atoms with Crippen molar-refractivity contribution >= 4 is 0 Å². The molecule has 3 N–H and O–H groups in total. The fraction of sp³-hybridized carbons (Fsp3) is 0.600. The van der Waals surface area contributed by atoms with Gasteiger partial charge in [-0.2, -0.15) is 0 Å². The van der Waals surface area contributed by atoms with Crippen LogP contribution < -0.4 is 5.73 Å². The largest absolute Gasteiger partial charge is 0.393 e. The molecule has 18 heavy (non-hydrogen) atoms. The predicted molar refractivity (Wildman–Crippen MR) is 68.7 cm³/mol. The lowest BCUT2D eigenvalue weighted by molar-refractivity contribution is 0.0801. The number of benzene rings is 1. The van der Waals surface area contributed by atoms with Gasteiger partial charge in [0.25, 0.3) is 0 Å². The number of hydrogen-bond acceptors (Lipinski definition) is 2. The molecule has 0 bridgehead atoms. The van der Waals surface area contributed by atoms with E-state index < -0.39 is 0 Å². The number of hydrogen-bond donors (Lipinski definition) is 2. The maximum Gasteiger partial charge on any atom is 0.127 e. The van der Waals surface area contributed by atoms with Crippen LogP contribution in [0.25, 0.3) is 0 Å². The fourth-order valence-electron chi connectivity index (χ4n) is 3.59. The van der Waals surface area contributed by atoms with E-state index in [2.05, 4.69) is 0 Å². The van der Waals surface area contributed by atoms with Gasteiger partial charge in [0.2, 0.25) is 0 Å². The SMILES string of the molecule is NC1(C2(c3ccccc3F)CCC(O)CC2)CC1. The summed E-state index contributed by atoms with van der Waals surface area (Å²) in [5.74, 6) is -0.148. The molecular weight excluding hydrogens is 229 g/mol. The zero-order valence-electron chi connectivity index (χ0n) is 10.5. The molecule has 0 aliphatic heterocycles. The van der Waals surface area contributed by atoms with Crippen molar-refractivity contribution < 1.29 is 9.50 Å². The van der Waals surface area contributed by atoms with Crippen molar-refractivity contribution in [3.05, 3.63) is 35.6 Å². The standard InChI is InChI=1S/C15H20FNO/c16-13-4-2-1-3-12(13)14(15(17)9-10-15)7-5-11(18)6-8-14/h1-4,11,18H,5-10,17H2. The molecule has 3 heteroatoms. The van der Waals surface area contributed by atoms with E-state index in [1.54, 1.807) is 6.07 Å². The summed E-state index contributed by atoms with van der Waals surface area (Å²) in [7, 11) is 0. The quantitative estimate of drug-likeness (QED) is 0.846. The van der Waals surface area contributed by atoms with Crippen LogP contribution >= 0.6 is 0 Å². The molecule has 2 nitrogen and oxygen atoms in total. The van der Waals surface area contributed by atoms with Crippen LogP contribution in [0.4, 0.5) is 4.39 Å². The van der Waals surface area contributed by atoms with Crippen molar-refractivity contribution in [3.8, 4) is 0 Å². The van der Waals surface area contributed by atoms with Crippen molar-refractivity contribution in [1.29, 1.82) is 0 Å². The smallest absolute Gasteiger partial charge is 0.127 e. The lowest BCUT2D eigenvalue weighted by Crippen LogP contribution is -2.51. The van der Waals surface area contributed by atoms with Crippen LogP contribution in [0.3, 0.4) is 0 Å². The number of halogens is 1. The monoisotopic (exact) mass is 249 g/mol. The third kappa shape index (κ3) is 1.69. The van der Waals surface area contributed by atoms with Gasteiger partial charge in [-0.05, 0) is 50.2 Å². The number of aliphatic hydroxyl groups is 1. The summed E-state index contributed by atoms with van der Waals surface area (Å²) >= 11 is 0. The zero-order valence-corrected chi connectivity index (χ0v) is 10.5. The highest BCUT2D eigenvalue weighted by atomic mass is 19.1. The average Bonchev–Trinajstić information content (AvgIpc) is 3.11. The van der Waals surface area contributed by atoms with E-state index in [-0.39, 0.29) is 22.9 Å². The first kappa shape index (κ1) is 12.1. The Kier molecular flexibility index (Phi) is 2.72. The van der Waals surface area contributed by atoms with Gasteiger partial charge in [0, 0.05) is 11.0 Å². The zero-order chi connectivity index (χ0) is 12.8. The summed E-state index contributed by atoms with van der Waals surface area (Å²) in [6.07, 6.45) is 4.75. The van der Waals surface area contributed by atoms with E-state index in [0.717, 1.165) is 44.1 Å². The molecule has 3 rings (SSSR count). The molecule has 0 atom stereocenters. The summed E-state index contributed by atoms with van der Waals surface area (Å²) in [6, 6.07) is 7.01. The molecule has 1 aromatic rings. The Morgan fingerprint density at radius 3 is 2.28 bits per heavy atom. The number of rotatable bonds is 2. The maximum absolute atomic E-state index is 14.2. The minimum Gasteiger partial charge on any atom is -0.393 e. The summed E-state index contributed by atoms with van der Waals surface area (Å²) in [5, 5.41) is 9.71. The first-order valence-electron chi connectivity index (χ1n) is 6.79. The Bertz CT molecular complexity index is 448. The Labute approximate surface area is 107 Å². The van der Waals surface area contributed by atoms with E-state index in [4.69, 9.17) is 5.73 Å². The van der Waals surface area contributed by atoms with E-state index in [1.807, 2.05) is 12.1 Å². The number of nitrogens with two attached hydrogens (primary N) is 1. The summed E-state index contributed by atoms with van der Waals surface area (Å²) in [6.45, 7) is 0. The second-order valence-corrected chi connectivity index (χ2v) is 5.95. The van der Waals surface area contributed by atoms with E-state index >= 15 is 0 Å². The third-order valence-corrected chi connectivity index (χ3v) is 4.94. The Hall–Kier alpha value is -0.930. The molecular formula is C15H20FNO. The molecule has 2 saturated carbocycles. The van der Waals surface area contributed by atoms with Gasteiger partial charge in [-0.15, -0.1) is 0 Å². The van der Waals surface area contributed by atoms with E-state index in [0.29, 0.717) is 0 Å². The van der Waals surface area contributed by atoms with Crippen LogP contribution in [-0.4, -0.2) is 16.7 Å². The molecule has 0 amide bonds. The van der Waals surface area contributed by atoms with Crippen LogP contribution in [0.15, 0.2) is 24.3 Å². The van der Waals surface area contributed by atoms with Gasteiger partial charge in [-0.25, -0.2) is 4.39 Å². The molecule has 0 radical (unpaired) electrons. The van der Waals surface area contributed by atoms with Crippen LogP contribution in [0, 0.1) is 5.82 Å². The van der Waals surface area contributed by atoms with Crippen molar-refractivity contribution in [3.63, 3.8) is 0 Å². The Balaban J connectivity index is 2.04. The molecule has 0 spiro atoms. The lowest BCUT2D eigenvalue weighted by Gasteiger charge is -2.44. The molecule has 0 heterocycles. The second-order valence-electron chi connectivity index (χ2n) is 5.95. The van der Waals surface area contributed by atoms with E-state index in [9.17, 15) is 9.50 Å². The van der Waals surface area contributed by atoms with Gasteiger partial charge in [0.1, 0.15) is 5.82 Å². The molecule has 0 aromatic heterocycles. The minimum absolute atomic E-state index is 0.148. The number of aliphatic hydroxyl groups excluding tert-OH is 1. The maximum atomic E-state index is 14.2. The first-order valence-corrected chi connectivity index (χ1v) is 6.79. The molecule has 0 unspecified atom stereocenters. The summed E-state index contributed by atoms with van der Waals surface area (Å²) in [5.41, 5.74) is 6.69. The third-order valence-electron chi connectivity index (χ3n) is 4.94. The van der Waals surface area contributed by atoms with Crippen LogP contribution in [0.5, 0.6) is 0 Å². The highest BCUT2D eigenvalue weighted by molar-refractivity contribution is 5.36. The van der Waals surface area contributed by atoms with Gasteiger partial charge in [0.05, 0.1) is 6.10 Å². The molecule has 98 valence electrons. The highest BCUT2D eigenvalue weighted by Crippen LogP contribution is 2.56. The van der Waals surface area contributed by atoms with Gasteiger partial charge in [-0.1, -0.05) is 18.2 Å². The van der Waals surface area contributed by atoms with Gasteiger partial charge < -0.3 is 10.8 Å². The van der Waals surface area contributed by atoms with Crippen LogP contribution in [0.2, 0.25) is 0 Å². The first-order chi connectivity index (χ1) is 8.57. The van der Waals surface area contributed by atoms with Crippen molar-refractivity contribution in [2.45, 2.75) is 55.6 Å². The highest BCUT2D eigenvalue weighted by Gasteiger charge is 2.58. The predicted octanol–water partition coefficient (Wildman–Crippen LogP) is 2.49. The van der Waals surface area contributed by atoms with Gasteiger partial charge >= 0.3 is 0 Å². The van der Waals surface area contributed by atoms with Crippen molar-refractivity contribution in [2.75, 3.05) is 0 Å². The molecule has 2 aliphatic rings. The van der Waals surface area contributed by atoms with Crippen molar-refractivity contribution in [1.82, 2.24) is 0 Å². The minimum atomic E-state index is -0.266. The summed E-state index contributed by atoms with van der Waals surface area (Å²) in [4.78, 5) is 0. The summed E-state index contributed by atoms with van der Waals surface area (Å²) < 4.78 is 14.2. The van der Waals surface area contributed by atoms with Gasteiger partial charge in [-0.3, -0.25) is 0 Å². The normalized spacial score (nSPS) is 34.3. The second kappa shape index (κ2) is 4.04. The topological polar surface area (TPSA) is 46.2 Å².